The highest BCUT2D eigenvalue weighted by atomic mass is 32.2. The van der Waals surface area contributed by atoms with Gasteiger partial charge in [0.2, 0.25) is 10.0 Å². The van der Waals surface area contributed by atoms with Gasteiger partial charge in [-0.25, -0.2) is 13.1 Å². The molecule has 0 aliphatic heterocycles. The standard InChI is InChI=1S/C16H25NO3S/c1-3-13-5-4-6-15(11-13)17-21(19,20)16-9-7-14(8-10-16)12(2)18/h7-10,12-13,15,17-18H,3-6,11H2,1-2H3. The molecule has 1 aromatic carbocycles. The molecule has 1 saturated carbocycles. The van der Waals surface area contributed by atoms with Crippen molar-refractivity contribution in [1.82, 2.24) is 4.72 Å². The first-order valence-electron chi connectivity index (χ1n) is 7.72. The van der Waals surface area contributed by atoms with Crippen LogP contribution >= 0.6 is 0 Å². The van der Waals surface area contributed by atoms with Crippen LogP contribution in [0.25, 0.3) is 0 Å². The maximum Gasteiger partial charge on any atom is 0.240 e. The molecule has 0 spiro atoms. The highest BCUT2D eigenvalue weighted by molar-refractivity contribution is 7.89. The van der Waals surface area contributed by atoms with E-state index in [1.54, 1.807) is 31.2 Å². The summed E-state index contributed by atoms with van der Waals surface area (Å²) < 4.78 is 27.6. The Morgan fingerprint density at radius 3 is 2.52 bits per heavy atom. The normalized spacial score (nSPS) is 24.7. The molecule has 5 heteroatoms. The van der Waals surface area contributed by atoms with Crippen LogP contribution in [-0.4, -0.2) is 19.6 Å². The van der Waals surface area contributed by atoms with E-state index >= 15 is 0 Å². The summed E-state index contributed by atoms with van der Waals surface area (Å²) in [6.45, 7) is 3.82. The molecular formula is C16H25NO3S. The largest absolute Gasteiger partial charge is 0.389 e. The van der Waals surface area contributed by atoms with Crippen LogP contribution < -0.4 is 4.72 Å². The van der Waals surface area contributed by atoms with Crippen molar-refractivity contribution in [1.29, 1.82) is 0 Å². The quantitative estimate of drug-likeness (QED) is 0.878. The Kier molecular flexibility index (Phi) is 5.41. The van der Waals surface area contributed by atoms with Crippen LogP contribution in [0.4, 0.5) is 0 Å². The summed E-state index contributed by atoms with van der Waals surface area (Å²) in [5, 5.41) is 9.47. The Bertz CT molecular complexity index is 551. The van der Waals surface area contributed by atoms with Crippen molar-refractivity contribution in [3.63, 3.8) is 0 Å². The Labute approximate surface area is 127 Å². The van der Waals surface area contributed by atoms with Gasteiger partial charge >= 0.3 is 0 Å². The lowest BCUT2D eigenvalue weighted by Gasteiger charge is -2.28. The first kappa shape index (κ1) is 16.5. The summed E-state index contributed by atoms with van der Waals surface area (Å²) in [4.78, 5) is 0.269. The van der Waals surface area contributed by atoms with E-state index in [-0.39, 0.29) is 10.9 Å². The van der Waals surface area contributed by atoms with E-state index in [9.17, 15) is 13.5 Å². The molecule has 21 heavy (non-hydrogen) atoms. The van der Waals surface area contributed by atoms with E-state index in [0.29, 0.717) is 5.92 Å². The summed E-state index contributed by atoms with van der Waals surface area (Å²) in [5.74, 6) is 0.629. The van der Waals surface area contributed by atoms with E-state index in [2.05, 4.69) is 11.6 Å². The molecule has 3 atom stereocenters. The van der Waals surface area contributed by atoms with E-state index in [0.717, 1.165) is 31.2 Å². The van der Waals surface area contributed by atoms with Crippen LogP contribution in [0, 0.1) is 5.92 Å². The SMILES string of the molecule is CCC1CCCC(NS(=O)(=O)c2ccc(C(C)O)cc2)C1. The molecular weight excluding hydrogens is 286 g/mol. The van der Waals surface area contributed by atoms with Crippen molar-refractivity contribution in [3.8, 4) is 0 Å². The van der Waals surface area contributed by atoms with Crippen LogP contribution in [0.3, 0.4) is 0 Å². The van der Waals surface area contributed by atoms with Gasteiger partial charge in [-0.05, 0) is 43.4 Å². The molecule has 0 aromatic heterocycles. The van der Waals surface area contributed by atoms with Crippen LogP contribution in [0.2, 0.25) is 0 Å². The van der Waals surface area contributed by atoms with E-state index in [1.807, 2.05) is 0 Å². The third kappa shape index (κ3) is 4.28. The third-order valence-corrected chi connectivity index (χ3v) is 5.89. The third-order valence-electron chi connectivity index (χ3n) is 4.35. The van der Waals surface area contributed by atoms with Gasteiger partial charge in [-0.2, -0.15) is 0 Å². The monoisotopic (exact) mass is 311 g/mol. The maximum atomic E-state index is 12.4. The number of sulfonamides is 1. The molecule has 4 nitrogen and oxygen atoms in total. The minimum Gasteiger partial charge on any atom is -0.389 e. The Morgan fingerprint density at radius 2 is 1.95 bits per heavy atom. The maximum absolute atomic E-state index is 12.4. The van der Waals surface area contributed by atoms with Gasteiger partial charge in [0.15, 0.2) is 0 Å². The summed E-state index contributed by atoms with van der Waals surface area (Å²) >= 11 is 0. The molecule has 1 aliphatic carbocycles. The second-order valence-corrected chi connectivity index (χ2v) is 7.72. The van der Waals surface area contributed by atoms with E-state index in [1.165, 1.54) is 6.42 Å². The molecule has 118 valence electrons. The fourth-order valence-corrected chi connectivity index (χ4v) is 4.27. The topological polar surface area (TPSA) is 66.4 Å². The number of hydrogen-bond donors (Lipinski definition) is 2. The van der Waals surface area contributed by atoms with Crippen LogP contribution in [0.15, 0.2) is 29.2 Å². The predicted octanol–water partition coefficient (Wildman–Crippen LogP) is 2.99. The zero-order valence-electron chi connectivity index (χ0n) is 12.7. The summed E-state index contributed by atoms with van der Waals surface area (Å²) in [6, 6.07) is 6.49. The predicted molar refractivity (Wildman–Crippen MR) is 83.4 cm³/mol. The van der Waals surface area contributed by atoms with Crippen molar-refractivity contribution >= 4 is 10.0 Å². The van der Waals surface area contributed by atoms with Crippen LogP contribution in [0.1, 0.15) is 57.6 Å². The molecule has 3 unspecified atom stereocenters. The summed E-state index contributed by atoms with van der Waals surface area (Å²) in [5.41, 5.74) is 0.720. The second kappa shape index (κ2) is 6.90. The number of aliphatic hydroxyl groups is 1. The average molecular weight is 311 g/mol. The molecule has 0 heterocycles. The van der Waals surface area contributed by atoms with Gasteiger partial charge in [0.05, 0.1) is 11.0 Å². The van der Waals surface area contributed by atoms with Gasteiger partial charge in [0, 0.05) is 6.04 Å². The summed E-state index contributed by atoms with van der Waals surface area (Å²) in [6.07, 6.45) is 4.67. The lowest BCUT2D eigenvalue weighted by molar-refractivity contribution is 0.199. The van der Waals surface area contributed by atoms with Crippen molar-refractivity contribution in [3.05, 3.63) is 29.8 Å². The van der Waals surface area contributed by atoms with Crippen LogP contribution in [0.5, 0.6) is 0 Å². The van der Waals surface area contributed by atoms with Crippen molar-refractivity contribution in [2.45, 2.75) is 63.0 Å². The van der Waals surface area contributed by atoms with Gasteiger partial charge in [-0.1, -0.05) is 38.3 Å². The van der Waals surface area contributed by atoms with Crippen molar-refractivity contribution in [2.24, 2.45) is 5.92 Å². The molecule has 0 amide bonds. The fraction of sp³-hybridized carbons (Fsp3) is 0.625. The van der Waals surface area contributed by atoms with Gasteiger partial charge in [0.25, 0.3) is 0 Å². The van der Waals surface area contributed by atoms with Crippen molar-refractivity contribution < 1.29 is 13.5 Å². The molecule has 1 fully saturated rings. The minimum absolute atomic E-state index is 0.0464. The molecule has 0 radical (unpaired) electrons. The smallest absolute Gasteiger partial charge is 0.240 e. The van der Waals surface area contributed by atoms with Gasteiger partial charge in [-0.3, -0.25) is 0 Å². The molecule has 0 bridgehead atoms. The number of nitrogens with one attached hydrogen (secondary N) is 1. The van der Waals surface area contributed by atoms with E-state index < -0.39 is 16.1 Å². The van der Waals surface area contributed by atoms with Gasteiger partial charge in [-0.15, -0.1) is 0 Å². The Balaban J connectivity index is 2.07. The first-order valence-corrected chi connectivity index (χ1v) is 9.21. The highest BCUT2D eigenvalue weighted by Gasteiger charge is 2.25. The van der Waals surface area contributed by atoms with Crippen LogP contribution in [-0.2, 0) is 10.0 Å². The molecule has 1 aliphatic rings. The van der Waals surface area contributed by atoms with Gasteiger partial charge < -0.3 is 5.11 Å². The second-order valence-electron chi connectivity index (χ2n) is 6.00. The minimum atomic E-state index is -3.47. The lowest BCUT2D eigenvalue weighted by Crippen LogP contribution is -2.38. The first-order chi connectivity index (χ1) is 9.92. The molecule has 1 aromatic rings. The molecule has 0 saturated heterocycles. The highest BCUT2D eigenvalue weighted by Crippen LogP contribution is 2.27. The molecule has 2 N–H and O–H groups in total. The zero-order chi connectivity index (χ0) is 15.5. The average Bonchev–Trinajstić information content (AvgIpc) is 2.47. The zero-order valence-corrected chi connectivity index (χ0v) is 13.6. The number of benzene rings is 1. The van der Waals surface area contributed by atoms with Gasteiger partial charge in [0.1, 0.15) is 0 Å². The summed E-state index contributed by atoms with van der Waals surface area (Å²) in [7, 11) is -3.47. The fourth-order valence-electron chi connectivity index (χ4n) is 2.98. The lowest BCUT2D eigenvalue weighted by atomic mass is 9.85. The van der Waals surface area contributed by atoms with E-state index in [4.69, 9.17) is 0 Å². The number of aliphatic hydroxyl groups excluding tert-OH is 1. The number of rotatable bonds is 5. The Morgan fingerprint density at radius 1 is 1.29 bits per heavy atom. The Hall–Kier alpha value is -0.910. The number of hydrogen-bond acceptors (Lipinski definition) is 3. The molecule has 2 rings (SSSR count). The van der Waals surface area contributed by atoms with Crippen molar-refractivity contribution in [2.75, 3.05) is 0 Å².